The molecule has 1 aromatic rings. The van der Waals surface area contributed by atoms with Gasteiger partial charge >= 0.3 is 11.4 Å². The second-order valence-electron chi connectivity index (χ2n) is 2.60. The predicted octanol–water partition coefficient (Wildman–Crippen LogP) is 0.787. The zero-order valence-corrected chi connectivity index (χ0v) is 7.34. The van der Waals surface area contributed by atoms with Crippen LogP contribution in [-0.2, 0) is 0 Å². The van der Waals surface area contributed by atoms with Crippen LogP contribution >= 0.6 is 0 Å². The summed E-state index contributed by atoms with van der Waals surface area (Å²) in [7, 11) is 0. The van der Waals surface area contributed by atoms with E-state index in [9.17, 15) is 20.2 Å². The van der Waals surface area contributed by atoms with Gasteiger partial charge in [0, 0.05) is 6.07 Å². The summed E-state index contributed by atoms with van der Waals surface area (Å²) in [5, 5.41) is 28.1. The molecule has 0 bridgehead atoms. The van der Waals surface area contributed by atoms with Gasteiger partial charge in [-0.1, -0.05) is 6.07 Å². The molecule has 0 radical (unpaired) electrons. The van der Waals surface area contributed by atoms with E-state index in [1.807, 2.05) is 0 Å². The lowest BCUT2D eigenvalue weighted by molar-refractivity contribution is -0.422. The Morgan fingerprint density at radius 3 is 2.27 bits per heavy atom. The van der Waals surface area contributed by atoms with E-state index >= 15 is 0 Å². The Bertz CT molecular complexity index is 424. The molecule has 8 nitrogen and oxygen atoms in total. The molecule has 0 amide bonds. The van der Waals surface area contributed by atoms with Crippen molar-refractivity contribution in [2.24, 2.45) is 5.73 Å². The molecule has 78 valence electrons. The minimum Gasteiger partial charge on any atom is -0.383 e. The van der Waals surface area contributed by atoms with Gasteiger partial charge in [-0.05, 0) is 6.07 Å². The van der Waals surface area contributed by atoms with Crippen molar-refractivity contribution >= 4 is 17.2 Å². The second-order valence-corrected chi connectivity index (χ2v) is 2.60. The summed E-state index contributed by atoms with van der Waals surface area (Å²) in [5.74, 6) is -0.578. The van der Waals surface area contributed by atoms with Crippen molar-refractivity contribution < 1.29 is 9.85 Å². The number of nitrogen functional groups attached to an aromatic ring is 1. The maximum atomic E-state index is 10.6. The van der Waals surface area contributed by atoms with Crippen molar-refractivity contribution in [1.29, 1.82) is 5.41 Å². The molecule has 0 saturated heterocycles. The summed E-state index contributed by atoms with van der Waals surface area (Å²) >= 11 is 0. The molecule has 0 fully saturated rings. The molecule has 0 heterocycles. The number of nitrogens with zero attached hydrogens (tertiary/aromatic N) is 2. The van der Waals surface area contributed by atoms with E-state index in [0.29, 0.717) is 0 Å². The molecule has 0 atom stereocenters. The Morgan fingerprint density at radius 2 is 1.87 bits per heavy atom. The minimum atomic E-state index is -0.922. The van der Waals surface area contributed by atoms with Crippen LogP contribution in [-0.4, -0.2) is 15.7 Å². The van der Waals surface area contributed by atoms with E-state index in [2.05, 4.69) is 0 Å². The fourth-order valence-electron chi connectivity index (χ4n) is 1.09. The highest BCUT2D eigenvalue weighted by Crippen LogP contribution is 2.29. The monoisotopic (exact) mass is 210 g/mol. The lowest BCUT2D eigenvalue weighted by Crippen LogP contribution is -2.14. The van der Waals surface area contributed by atoms with E-state index in [-0.39, 0.29) is 5.56 Å². The normalized spacial score (nSPS) is 9.60. The molecule has 0 aliphatic rings. The third-order valence-electron chi connectivity index (χ3n) is 1.68. The van der Waals surface area contributed by atoms with Crippen LogP contribution in [0.1, 0.15) is 5.56 Å². The van der Waals surface area contributed by atoms with E-state index in [4.69, 9.17) is 11.1 Å². The third kappa shape index (κ3) is 1.88. The van der Waals surface area contributed by atoms with Crippen LogP contribution in [0.2, 0.25) is 0 Å². The van der Waals surface area contributed by atoms with Crippen LogP contribution in [0.3, 0.4) is 0 Å². The Labute approximate surface area is 83.1 Å². The molecule has 0 unspecified atom stereocenters. The Hall–Kier alpha value is -2.51. The Kier molecular flexibility index (Phi) is 2.61. The summed E-state index contributed by atoms with van der Waals surface area (Å²) in [6.45, 7) is 0. The SMILES string of the molecule is N=C(N)c1cccc([N+](=O)[O-])c1[N+](=O)[O-]. The largest absolute Gasteiger partial charge is 0.383 e. The zero-order valence-electron chi connectivity index (χ0n) is 7.34. The van der Waals surface area contributed by atoms with Crippen molar-refractivity contribution in [2.45, 2.75) is 0 Å². The first-order valence-electron chi connectivity index (χ1n) is 3.71. The molecule has 15 heavy (non-hydrogen) atoms. The molecular weight excluding hydrogens is 204 g/mol. The van der Waals surface area contributed by atoms with Crippen LogP contribution in [0.4, 0.5) is 11.4 Å². The fourth-order valence-corrected chi connectivity index (χ4v) is 1.09. The van der Waals surface area contributed by atoms with Gasteiger partial charge in [0.15, 0.2) is 0 Å². The van der Waals surface area contributed by atoms with Crippen LogP contribution < -0.4 is 5.73 Å². The maximum Gasteiger partial charge on any atom is 0.356 e. The smallest absolute Gasteiger partial charge is 0.356 e. The predicted molar refractivity (Wildman–Crippen MR) is 50.8 cm³/mol. The van der Waals surface area contributed by atoms with Crippen LogP contribution in [0, 0.1) is 25.6 Å². The average molecular weight is 210 g/mol. The average Bonchev–Trinajstić information content (AvgIpc) is 2.16. The van der Waals surface area contributed by atoms with Gasteiger partial charge in [-0.15, -0.1) is 0 Å². The molecule has 3 N–H and O–H groups in total. The standard InChI is InChI=1S/C7H6N4O4/c8-7(9)4-2-1-3-5(10(12)13)6(4)11(14)15/h1-3H,(H3,8,9). The van der Waals surface area contributed by atoms with Gasteiger partial charge in [0.2, 0.25) is 0 Å². The van der Waals surface area contributed by atoms with Crippen LogP contribution in [0.15, 0.2) is 18.2 Å². The molecular formula is C7H6N4O4. The number of nitrogens with two attached hydrogens (primary N) is 1. The van der Waals surface area contributed by atoms with Gasteiger partial charge in [-0.25, -0.2) is 0 Å². The molecule has 0 aliphatic carbocycles. The summed E-state index contributed by atoms with van der Waals surface area (Å²) in [6.07, 6.45) is 0. The number of benzene rings is 1. The van der Waals surface area contributed by atoms with Crippen LogP contribution in [0.5, 0.6) is 0 Å². The summed E-state index contributed by atoms with van der Waals surface area (Å²) in [5.41, 5.74) is 3.39. The van der Waals surface area contributed by atoms with E-state index in [1.54, 1.807) is 0 Å². The van der Waals surface area contributed by atoms with Gasteiger partial charge in [0.25, 0.3) is 0 Å². The number of nitro benzene ring substituents is 2. The molecule has 1 rings (SSSR count). The van der Waals surface area contributed by atoms with Gasteiger partial charge in [0.1, 0.15) is 11.4 Å². The number of hydrogen-bond donors (Lipinski definition) is 2. The van der Waals surface area contributed by atoms with Gasteiger partial charge in [-0.2, -0.15) is 0 Å². The topological polar surface area (TPSA) is 136 Å². The number of rotatable bonds is 3. The van der Waals surface area contributed by atoms with Crippen molar-refractivity contribution in [3.63, 3.8) is 0 Å². The highest BCUT2D eigenvalue weighted by Gasteiger charge is 2.28. The molecule has 0 aliphatic heterocycles. The molecule has 8 heteroatoms. The van der Waals surface area contributed by atoms with Crippen molar-refractivity contribution in [1.82, 2.24) is 0 Å². The van der Waals surface area contributed by atoms with E-state index in [1.165, 1.54) is 12.1 Å². The molecule has 0 saturated carbocycles. The maximum absolute atomic E-state index is 10.6. The molecule has 1 aromatic carbocycles. The first-order valence-corrected chi connectivity index (χ1v) is 3.71. The minimum absolute atomic E-state index is 0.255. The van der Waals surface area contributed by atoms with Crippen LogP contribution in [0.25, 0.3) is 0 Å². The first-order chi connectivity index (χ1) is 6.95. The quantitative estimate of drug-likeness (QED) is 0.329. The third-order valence-corrected chi connectivity index (χ3v) is 1.68. The van der Waals surface area contributed by atoms with Crippen molar-refractivity contribution in [3.05, 3.63) is 44.0 Å². The van der Waals surface area contributed by atoms with Gasteiger partial charge in [-0.3, -0.25) is 25.6 Å². The lowest BCUT2D eigenvalue weighted by Gasteiger charge is -2.00. The zero-order chi connectivity index (χ0) is 11.6. The van der Waals surface area contributed by atoms with E-state index in [0.717, 1.165) is 6.07 Å². The van der Waals surface area contributed by atoms with Crippen molar-refractivity contribution in [2.75, 3.05) is 0 Å². The lowest BCUT2D eigenvalue weighted by atomic mass is 10.1. The van der Waals surface area contributed by atoms with E-state index < -0.39 is 27.1 Å². The molecule has 0 aromatic heterocycles. The Morgan fingerprint density at radius 1 is 1.27 bits per heavy atom. The molecule has 0 spiro atoms. The van der Waals surface area contributed by atoms with Gasteiger partial charge < -0.3 is 5.73 Å². The number of nitro groups is 2. The fraction of sp³-hybridized carbons (Fsp3) is 0. The summed E-state index contributed by atoms with van der Waals surface area (Å²) in [4.78, 5) is 19.3. The Balaban J connectivity index is 3.56. The first kappa shape index (κ1) is 10.6. The van der Waals surface area contributed by atoms with Gasteiger partial charge in [0.05, 0.1) is 9.85 Å². The number of hydrogen-bond acceptors (Lipinski definition) is 5. The highest BCUT2D eigenvalue weighted by atomic mass is 16.6. The summed E-state index contributed by atoms with van der Waals surface area (Å²) in [6, 6.07) is 3.42. The summed E-state index contributed by atoms with van der Waals surface area (Å²) < 4.78 is 0. The van der Waals surface area contributed by atoms with Crippen molar-refractivity contribution in [3.8, 4) is 0 Å². The highest BCUT2D eigenvalue weighted by molar-refractivity contribution is 6.00. The number of amidine groups is 1. The number of nitrogens with one attached hydrogen (secondary N) is 1. The second kappa shape index (κ2) is 3.70. The number of para-hydroxylation sites is 1.